The number of nitrogens with two attached hydrogens (primary N) is 1. The van der Waals surface area contributed by atoms with Gasteiger partial charge in [-0.1, -0.05) is 42.5 Å². The number of esters is 1. The molecule has 2 aromatic rings. The standard InChI is InChI=1S/C25H35N3O3/c1-24(2,3)31-23(29)25(4,5)30-21-16-14-19(15-17-21)12-9-13-22(28-26)27-18-20-10-7-6-8-11-20/h6-8,10-11,14-17H,9,12-13,18,26H2,1-5H3,(H,27,28). The zero-order valence-electron chi connectivity index (χ0n) is 19.3. The van der Waals surface area contributed by atoms with Crippen LogP contribution in [0.1, 0.15) is 58.6 Å². The van der Waals surface area contributed by atoms with Gasteiger partial charge in [0.15, 0.2) is 5.60 Å². The minimum Gasteiger partial charge on any atom is -0.476 e. The largest absolute Gasteiger partial charge is 0.476 e. The Hall–Kier alpha value is -3.02. The van der Waals surface area contributed by atoms with E-state index in [1.54, 1.807) is 13.8 Å². The van der Waals surface area contributed by atoms with E-state index in [2.05, 4.69) is 22.6 Å². The zero-order valence-corrected chi connectivity index (χ0v) is 19.3. The number of rotatable bonds is 9. The molecule has 0 radical (unpaired) electrons. The molecule has 2 rings (SSSR count). The molecule has 0 saturated heterocycles. The molecular formula is C25H35N3O3. The third-order valence-corrected chi connectivity index (χ3v) is 4.56. The van der Waals surface area contributed by atoms with Crippen molar-refractivity contribution in [2.75, 3.05) is 0 Å². The summed E-state index contributed by atoms with van der Waals surface area (Å²) in [5, 5.41) is 7.17. The fourth-order valence-corrected chi connectivity index (χ4v) is 2.92. The Morgan fingerprint density at radius 1 is 0.968 bits per heavy atom. The zero-order chi connectivity index (χ0) is 22.9. The van der Waals surface area contributed by atoms with Crippen LogP contribution in [0.3, 0.4) is 0 Å². The summed E-state index contributed by atoms with van der Waals surface area (Å²) in [5.74, 6) is 6.57. The van der Waals surface area contributed by atoms with Crippen LogP contribution in [0.5, 0.6) is 5.75 Å². The van der Waals surface area contributed by atoms with Crippen molar-refractivity contribution in [1.29, 1.82) is 0 Å². The van der Waals surface area contributed by atoms with Crippen LogP contribution in [0.25, 0.3) is 0 Å². The van der Waals surface area contributed by atoms with Gasteiger partial charge in [-0.05, 0) is 70.7 Å². The Balaban J connectivity index is 1.80. The summed E-state index contributed by atoms with van der Waals surface area (Å²) in [6.45, 7) is 9.65. The van der Waals surface area contributed by atoms with Crippen LogP contribution in [0, 0.1) is 0 Å². The average molecular weight is 426 g/mol. The van der Waals surface area contributed by atoms with Crippen LogP contribution < -0.4 is 15.9 Å². The summed E-state index contributed by atoms with van der Waals surface area (Å²) in [4.78, 5) is 12.4. The van der Waals surface area contributed by atoms with E-state index >= 15 is 0 Å². The molecule has 31 heavy (non-hydrogen) atoms. The van der Waals surface area contributed by atoms with Gasteiger partial charge in [-0.25, -0.2) is 4.79 Å². The Kier molecular flexibility index (Phi) is 8.48. The van der Waals surface area contributed by atoms with Crippen molar-refractivity contribution in [3.8, 4) is 5.75 Å². The number of carbonyl (C=O) groups is 1. The van der Waals surface area contributed by atoms with E-state index < -0.39 is 11.2 Å². The van der Waals surface area contributed by atoms with Crippen LogP contribution in [0.4, 0.5) is 0 Å². The van der Waals surface area contributed by atoms with Crippen molar-refractivity contribution in [3.63, 3.8) is 0 Å². The molecule has 0 heterocycles. The highest BCUT2D eigenvalue weighted by molar-refractivity contribution is 5.81. The first-order chi connectivity index (χ1) is 14.6. The maximum absolute atomic E-state index is 12.4. The molecule has 0 aliphatic rings. The predicted octanol–water partition coefficient (Wildman–Crippen LogP) is 4.57. The van der Waals surface area contributed by atoms with Crippen LogP contribution in [-0.4, -0.2) is 23.0 Å². The number of ether oxygens (including phenoxy) is 2. The van der Waals surface area contributed by atoms with E-state index in [0.29, 0.717) is 12.3 Å². The van der Waals surface area contributed by atoms with Crippen LogP contribution in [0.2, 0.25) is 0 Å². The number of hydrazone groups is 1. The van der Waals surface area contributed by atoms with Gasteiger partial charge in [0.25, 0.3) is 0 Å². The first-order valence-electron chi connectivity index (χ1n) is 10.6. The van der Waals surface area contributed by atoms with Gasteiger partial charge in [-0.2, -0.15) is 5.10 Å². The monoisotopic (exact) mass is 425 g/mol. The number of hydrogen-bond acceptors (Lipinski definition) is 5. The van der Waals surface area contributed by atoms with Crippen molar-refractivity contribution >= 4 is 11.8 Å². The first kappa shape index (κ1) is 24.3. The Morgan fingerprint density at radius 3 is 2.19 bits per heavy atom. The topological polar surface area (TPSA) is 85.9 Å². The van der Waals surface area contributed by atoms with Gasteiger partial charge in [0.1, 0.15) is 17.2 Å². The lowest BCUT2D eigenvalue weighted by Gasteiger charge is -2.29. The molecule has 0 saturated carbocycles. The average Bonchev–Trinajstić information content (AvgIpc) is 2.71. The van der Waals surface area contributed by atoms with Crippen LogP contribution in [0.15, 0.2) is 59.7 Å². The molecule has 0 amide bonds. The number of hydrogen-bond donors (Lipinski definition) is 2. The minimum absolute atomic E-state index is 0.388. The molecule has 3 N–H and O–H groups in total. The molecule has 6 heteroatoms. The first-order valence-corrected chi connectivity index (χ1v) is 10.6. The maximum atomic E-state index is 12.4. The molecule has 0 aliphatic heterocycles. The van der Waals surface area contributed by atoms with E-state index in [9.17, 15) is 4.79 Å². The molecular weight excluding hydrogens is 390 g/mol. The number of aryl methyl sites for hydroxylation is 1. The molecule has 0 atom stereocenters. The fraction of sp³-hybridized carbons (Fsp3) is 0.440. The lowest BCUT2D eigenvalue weighted by molar-refractivity contribution is -0.170. The van der Waals surface area contributed by atoms with Crippen molar-refractivity contribution in [2.24, 2.45) is 10.9 Å². The summed E-state index contributed by atoms with van der Waals surface area (Å²) in [7, 11) is 0. The second-order valence-electron chi connectivity index (χ2n) is 9.03. The molecule has 6 nitrogen and oxygen atoms in total. The molecule has 0 aliphatic carbocycles. The summed E-state index contributed by atoms with van der Waals surface area (Å²) < 4.78 is 11.3. The molecule has 2 aromatic carbocycles. The summed E-state index contributed by atoms with van der Waals surface area (Å²) in [6, 6.07) is 17.9. The van der Waals surface area contributed by atoms with Gasteiger partial charge in [-0.15, -0.1) is 0 Å². The molecule has 0 fully saturated rings. The predicted molar refractivity (Wildman–Crippen MR) is 125 cm³/mol. The van der Waals surface area contributed by atoms with Gasteiger partial charge in [0.2, 0.25) is 0 Å². The molecule has 0 unspecified atom stereocenters. The number of nitrogens with zero attached hydrogens (tertiary/aromatic N) is 1. The third-order valence-electron chi connectivity index (χ3n) is 4.56. The van der Waals surface area contributed by atoms with Gasteiger partial charge in [-0.3, -0.25) is 0 Å². The van der Waals surface area contributed by atoms with E-state index in [0.717, 1.165) is 25.1 Å². The number of nitrogens with one attached hydrogen (secondary N) is 1. The van der Waals surface area contributed by atoms with Crippen molar-refractivity contribution in [3.05, 3.63) is 65.7 Å². The Labute approximate surface area is 185 Å². The second kappa shape index (κ2) is 10.8. The lowest BCUT2D eigenvalue weighted by Crippen LogP contribution is -2.43. The molecule has 0 spiro atoms. The Bertz CT molecular complexity index is 854. The highest BCUT2D eigenvalue weighted by atomic mass is 16.6. The van der Waals surface area contributed by atoms with E-state index in [1.165, 1.54) is 11.1 Å². The quantitative estimate of drug-likeness (QED) is 0.202. The third kappa shape index (κ3) is 8.70. The highest BCUT2D eigenvalue weighted by Crippen LogP contribution is 2.23. The smallest absolute Gasteiger partial charge is 0.350 e. The maximum Gasteiger partial charge on any atom is 0.350 e. The summed E-state index contributed by atoms with van der Waals surface area (Å²) in [5.41, 5.74) is 0.755. The van der Waals surface area contributed by atoms with Gasteiger partial charge >= 0.3 is 5.97 Å². The van der Waals surface area contributed by atoms with Gasteiger partial charge in [0.05, 0.1) is 0 Å². The van der Waals surface area contributed by atoms with E-state index in [-0.39, 0.29) is 5.97 Å². The number of benzene rings is 2. The van der Waals surface area contributed by atoms with Gasteiger partial charge in [0, 0.05) is 13.0 Å². The van der Waals surface area contributed by atoms with E-state index in [4.69, 9.17) is 15.3 Å². The Morgan fingerprint density at radius 2 is 1.61 bits per heavy atom. The molecule has 168 valence electrons. The van der Waals surface area contributed by atoms with Crippen LogP contribution in [-0.2, 0) is 22.5 Å². The number of amidine groups is 1. The fourth-order valence-electron chi connectivity index (χ4n) is 2.92. The molecule has 0 aromatic heterocycles. The second-order valence-corrected chi connectivity index (χ2v) is 9.03. The minimum atomic E-state index is -1.06. The number of carbonyl (C=O) groups excluding carboxylic acids is 1. The van der Waals surface area contributed by atoms with E-state index in [1.807, 2.05) is 63.2 Å². The lowest BCUT2D eigenvalue weighted by atomic mass is 10.1. The summed E-state index contributed by atoms with van der Waals surface area (Å²) >= 11 is 0. The van der Waals surface area contributed by atoms with Crippen LogP contribution >= 0.6 is 0 Å². The highest BCUT2D eigenvalue weighted by Gasteiger charge is 2.34. The summed E-state index contributed by atoms with van der Waals surface area (Å²) in [6.07, 6.45) is 2.58. The van der Waals surface area contributed by atoms with Crippen molar-refractivity contribution < 1.29 is 14.3 Å². The SMILES string of the molecule is CC(C)(C)OC(=O)C(C)(C)Oc1ccc(CCC/C(=N/N)NCc2ccccc2)cc1. The van der Waals surface area contributed by atoms with Gasteiger partial charge < -0.3 is 20.6 Å². The van der Waals surface area contributed by atoms with Crippen molar-refractivity contribution in [1.82, 2.24) is 5.32 Å². The molecule has 0 bridgehead atoms. The van der Waals surface area contributed by atoms with Crippen molar-refractivity contribution in [2.45, 2.75) is 71.6 Å². The normalized spacial score (nSPS) is 12.4.